The summed E-state index contributed by atoms with van der Waals surface area (Å²) in [6.45, 7) is 4.35. The van der Waals surface area contributed by atoms with Crippen LogP contribution in [0, 0.1) is 10.1 Å². The Morgan fingerprint density at radius 1 is 1.19 bits per heavy atom. The van der Waals surface area contributed by atoms with Crippen molar-refractivity contribution in [3.05, 3.63) is 38.9 Å². The summed E-state index contributed by atoms with van der Waals surface area (Å²) in [6, 6.07) is 3.57. The molecule has 1 atom stereocenters. The average molecular weight is 384 g/mol. The van der Waals surface area contributed by atoms with Gasteiger partial charge in [-0.1, -0.05) is 11.6 Å². The smallest absolute Gasteiger partial charge is 0.345 e. The Labute approximate surface area is 154 Å². The number of amides is 2. The Balaban J connectivity index is 2.02. The molecular weight excluding hydrogens is 366 g/mol. The molecular formula is C16H18ClN3O6. The molecule has 2 amide bonds. The van der Waals surface area contributed by atoms with E-state index in [0.29, 0.717) is 26.2 Å². The first kappa shape index (κ1) is 19.6. The van der Waals surface area contributed by atoms with E-state index >= 15 is 0 Å². The first-order valence-corrected chi connectivity index (χ1v) is 8.27. The standard InChI is InChI=1S/C16H18ClN3O6/c1-10(15(22)19-7-5-18(6-8-19)11(2)21)26-16(23)13-4-3-12(17)9-14(13)20(24)25/h3-4,9-10H,5-8H2,1-2H3. The Bertz CT molecular complexity index is 746. The van der Waals surface area contributed by atoms with Crippen molar-refractivity contribution in [3.63, 3.8) is 0 Å². The van der Waals surface area contributed by atoms with Crippen molar-refractivity contribution in [3.8, 4) is 0 Å². The summed E-state index contributed by atoms with van der Waals surface area (Å²) in [5.41, 5.74) is -0.766. The molecule has 1 heterocycles. The van der Waals surface area contributed by atoms with E-state index in [1.165, 1.54) is 30.9 Å². The van der Waals surface area contributed by atoms with Gasteiger partial charge >= 0.3 is 5.97 Å². The van der Waals surface area contributed by atoms with Crippen LogP contribution in [-0.2, 0) is 14.3 Å². The lowest BCUT2D eigenvalue weighted by Crippen LogP contribution is -2.52. The zero-order chi connectivity index (χ0) is 19.4. The number of ether oxygens (including phenoxy) is 1. The second-order valence-electron chi connectivity index (χ2n) is 5.80. The molecule has 1 fully saturated rings. The number of nitrogens with zero attached hydrogens (tertiary/aromatic N) is 3. The summed E-state index contributed by atoms with van der Waals surface area (Å²) < 4.78 is 5.10. The second kappa shape index (κ2) is 8.13. The van der Waals surface area contributed by atoms with Crippen LogP contribution in [-0.4, -0.2) is 64.8 Å². The number of esters is 1. The third kappa shape index (κ3) is 4.48. The summed E-state index contributed by atoms with van der Waals surface area (Å²) >= 11 is 5.71. The highest BCUT2D eigenvalue weighted by molar-refractivity contribution is 6.31. The van der Waals surface area contributed by atoms with Crippen LogP contribution in [0.1, 0.15) is 24.2 Å². The van der Waals surface area contributed by atoms with Crippen LogP contribution in [0.2, 0.25) is 5.02 Å². The third-order valence-corrected chi connectivity index (χ3v) is 4.28. The summed E-state index contributed by atoms with van der Waals surface area (Å²) in [5, 5.41) is 11.2. The minimum Gasteiger partial charge on any atom is -0.449 e. The van der Waals surface area contributed by atoms with Crippen molar-refractivity contribution < 1.29 is 24.0 Å². The van der Waals surface area contributed by atoms with Crippen LogP contribution in [0.4, 0.5) is 5.69 Å². The van der Waals surface area contributed by atoms with Crippen LogP contribution < -0.4 is 0 Å². The predicted octanol–water partition coefficient (Wildman–Crippen LogP) is 1.48. The molecule has 0 saturated carbocycles. The van der Waals surface area contributed by atoms with E-state index in [9.17, 15) is 24.5 Å². The van der Waals surface area contributed by atoms with Crippen molar-refractivity contribution in [1.29, 1.82) is 0 Å². The zero-order valence-corrected chi connectivity index (χ0v) is 15.1. The van der Waals surface area contributed by atoms with E-state index in [4.69, 9.17) is 16.3 Å². The van der Waals surface area contributed by atoms with Gasteiger partial charge in [0.25, 0.3) is 11.6 Å². The molecule has 9 nitrogen and oxygen atoms in total. The Hall–Kier alpha value is -2.68. The number of piperazine rings is 1. The minimum atomic E-state index is -1.11. The van der Waals surface area contributed by atoms with Gasteiger partial charge in [-0.2, -0.15) is 0 Å². The summed E-state index contributed by atoms with van der Waals surface area (Å²) in [6.07, 6.45) is -1.11. The molecule has 1 unspecified atom stereocenters. The van der Waals surface area contributed by atoms with E-state index in [2.05, 4.69) is 0 Å². The van der Waals surface area contributed by atoms with Gasteiger partial charge in [0.1, 0.15) is 5.56 Å². The monoisotopic (exact) mass is 383 g/mol. The Morgan fingerprint density at radius 3 is 2.31 bits per heavy atom. The SMILES string of the molecule is CC(=O)N1CCN(C(=O)C(C)OC(=O)c2ccc(Cl)cc2[N+](=O)[O-])CC1. The molecule has 1 saturated heterocycles. The molecule has 10 heteroatoms. The number of hydrogen-bond acceptors (Lipinski definition) is 6. The minimum absolute atomic E-state index is 0.0633. The first-order valence-electron chi connectivity index (χ1n) is 7.90. The molecule has 2 rings (SSSR count). The van der Waals surface area contributed by atoms with E-state index < -0.39 is 28.6 Å². The number of benzene rings is 1. The molecule has 1 aromatic carbocycles. The molecule has 1 aliphatic rings. The number of hydrogen-bond donors (Lipinski definition) is 0. The van der Waals surface area contributed by atoms with Crippen LogP contribution in [0.3, 0.4) is 0 Å². The van der Waals surface area contributed by atoms with Gasteiger partial charge in [-0.25, -0.2) is 4.79 Å². The fraction of sp³-hybridized carbons (Fsp3) is 0.438. The number of nitro benzene ring substituents is 1. The third-order valence-electron chi connectivity index (χ3n) is 4.04. The van der Waals surface area contributed by atoms with Crippen molar-refractivity contribution in [2.24, 2.45) is 0 Å². The normalized spacial score (nSPS) is 15.3. The molecule has 26 heavy (non-hydrogen) atoms. The summed E-state index contributed by atoms with van der Waals surface area (Å²) in [7, 11) is 0. The van der Waals surface area contributed by atoms with Gasteiger partial charge in [-0.05, 0) is 19.1 Å². The van der Waals surface area contributed by atoms with Gasteiger partial charge < -0.3 is 14.5 Å². The van der Waals surface area contributed by atoms with Gasteiger partial charge in [0.05, 0.1) is 4.92 Å². The van der Waals surface area contributed by atoms with Gasteiger partial charge in [0.15, 0.2) is 6.10 Å². The van der Waals surface area contributed by atoms with Crippen molar-refractivity contribution in [2.45, 2.75) is 20.0 Å². The highest BCUT2D eigenvalue weighted by Crippen LogP contribution is 2.24. The van der Waals surface area contributed by atoms with Gasteiger partial charge in [-0.3, -0.25) is 19.7 Å². The summed E-state index contributed by atoms with van der Waals surface area (Å²) in [5.74, 6) is -1.46. The van der Waals surface area contributed by atoms with Gasteiger partial charge in [-0.15, -0.1) is 0 Å². The molecule has 0 bridgehead atoms. The number of carbonyl (C=O) groups is 3. The number of rotatable bonds is 4. The summed E-state index contributed by atoms with van der Waals surface area (Å²) in [4.78, 5) is 49.4. The maximum absolute atomic E-state index is 12.4. The maximum Gasteiger partial charge on any atom is 0.345 e. The van der Waals surface area contributed by atoms with E-state index in [1.807, 2.05) is 0 Å². The molecule has 1 aromatic rings. The fourth-order valence-electron chi connectivity index (χ4n) is 2.60. The highest BCUT2D eigenvalue weighted by Gasteiger charge is 2.30. The molecule has 0 N–H and O–H groups in total. The molecule has 1 aliphatic heterocycles. The largest absolute Gasteiger partial charge is 0.449 e. The van der Waals surface area contributed by atoms with Crippen molar-refractivity contribution >= 4 is 35.1 Å². The van der Waals surface area contributed by atoms with E-state index in [-0.39, 0.29) is 16.5 Å². The predicted molar refractivity (Wildman–Crippen MR) is 91.8 cm³/mol. The molecule has 140 valence electrons. The van der Waals surface area contributed by atoms with Crippen LogP contribution >= 0.6 is 11.6 Å². The fourth-order valence-corrected chi connectivity index (χ4v) is 2.77. The van der Waals surface area contributed by atoms with Crippen molar-refractivity contribution in [2.75, 3.05) is 26.2 Å². The lowest BCUT2D eigenvalue weighted by molar-refractivity contribution is -0.385. The quantitative estimate of drug-likeness (QED) is 0.442. The maximum atomic E-state index is 12.4. The van der Waals surface area contributed by atoms with Gasteiger partial charge in [0, 0.05) is 44.2 Å². The number of nitro groups is 1. The van der Waals surface area contributed by atoms with Crippen LogP contribution in [0.15, 0.2) is 18.2 Å². The van der Waals surface area contributed by atoms with E-state index in [0.717, 1.165) is 6.07 Å². The topological polar surface area (TPSA) is 110 Å². The first-order chi connectivity index (χ1) is 12.2. The van der Waals surface area contributed by atoms with E-state index in [1.54, 1.807) is 4.90 Å². The Morgan fingerprint density at radius 2 is 1.77 bits per heavy atom. The Kier molecular flexibility index (Phi) is 6.14. The number of halogens is 1. The van der Waals surface area contributed by atoms with Crippen LogP contribution in [0.25, 0.3) is 0 Å². The highest BCUT2D eigenvalue weighted by atomic mass is 35.5. The van der Waals surface area contributed by atoms with Crippen molar-refractivity contribution in [1.82, 2.24) is 9.80 Å². The van der Waals surface area contributed by atoms with Gasteiger partial charge in [0.2, 0.25) is 5.91 Å². The molecule has 0 aliphatic carbocycles. The average Bonchev–Trinajstić information content (AvgIpc) is 2.60. The molecule has 0 aromatic heterocycles. The lowest BCUT2D eigenvalue weighted by Gasteiger charge is -2.35. The zero-order valence-electron chi connectivity index (χ0n) is 14.3. The van der Waals surface area contributed by atoms with Crippen LogP contribution in [0.5, 0.6) is 0 Å². The number of carbonyl (C=O) groups excluding carboxylic acids is 3. The molecule has 0 spiro atoms. The lowest BCUT2D eigenvalue weighted by atomic mass is 10.2. The molecule has 0 radical (unpaired) electrons. The second-order valence-corrected chi connectivity index (χ2v) is 6.23.